The van der Waals surface area contributed by atoms with Crippen LogP contribution in [-0.4, -0.2) is 46.7 Å². The SMILES string of the molecule is O=C=NCNC(=O)N1CCC(c2c[nH]c3cccnc23)CC1. The Morgan fingerprint density at radius 2 is 2.32 bits per heavy atom. The van der Waals surface area contributed by atoms with Gasteiger partial charge in [0.2, 0.25) is 6.08 Å². The summed E-state index contributed by atoms with van der Waals surface area (Å²) < 4.78 is 0. The van der Waals surface area contributed by atoms with E-state index in [1.54, 1.807) is 11.1 Å². The summed E-state index contributed by atoms with van der Waals surface area (Å²) in [6.45, 7) is 1.34. The lowest BCUT2D eigenvalue weighted by Crippen LogP contribution is -2.44. The number of hydrogen-bond acceptors (Lipinski definition) is 4. The fourth-order valence-electron chi connectivity index (χ4n) is 2.93. The van der Waals surface area contributed by atoms with E-state index in [1.807, 2.05) is 18.3 Å². The summed E-state index contributed by atoms with van der Waals surface area (Å²) in [5.74, 6) is 0.403. The largest absolute Gasteiger partial charge is 0.360 e. The van der Waals surface area contributed by atoms with E-state index in [9.17, 15) is 9.59 Å². The summed E-state index contributed by atoms with van der Waals surface area (Å²) in [6, 6.07) is 3.74. The summed E-state index contributed by atoms with van der Waals surface area (Å²) in [5, 5.41) is 2.57. The molecule has 0 atom stereocenters. The molecule has 2 amide bonds. The Bertz CT molecular complexity index is 712. The Morgan fingerprint density at radius 1 is 1.50 bits per heavy atom. The number of nitrogens with zero attached hydrogens (tertiary/aromatic N) is 3. The standard InChI is InChI=1S/C15H17N5O2/c21-10-16-9-19-15(22)20-6-3-11(4-7-20)12-8-18-13-2-1-5-17-14(12)13/h1-2,5,8,11,18H,3-4,6-7,9H2,(H,19,22). The van der Waals surface area contributed by atoms with Crippen LogP contribution in [0.2, 0.25) is 0 Å². The van der Waals surface area contributed by atoms with Gasteiger partial charge >= 0.3 is 6.03 Å². The highest BCUT2D eigenvalue weighted by Gasteiger charge is 2.25. The van der Waals surface area contributed by atoms with Gasteiger partial charge in [-0.25, -0.2) is 9.59 Å². The van der Waals surface area contributed by atoms with Crippen LogP contribution in [0.4, 0.5) is 4.79 Å². The zero-order valence-corrected chi connectivity index (χ0v) is 12.1. The van der Waals surface area contributed by atoms with Gasteiger partial charge in [0.25, 0.3) is 0 Å². The van der Waals surface area contributed by atoms with Crippen molar-refractivity contribution in [2.24, 2.45) is 4.99 Å². The van der Waals surface area contributed by atoms with Gasteiger partial charge in [-0.15, -0.1) is 0 Å². The molecule has 2 aromatic heterocycles. The lowest BCUT2D eigenvalue weighted by atomic mass is 9.90. The molecule has 2 aromatic rings. The van der Waals surface area contributed by atoms with Gasteiger partial charge in [0.05, 0.1) is 11.0 Å². The molecule has 1 fully saturated rings. The maximum absolute atomic E-state index is 11.9. The number of carbonyl (C=O) groups excluding carboxylic acids is 2. The maximum Gasteiger partial charge on any atom is 0.318 e. The molecular formula is C15H17N5O2. The molecule has 7 nitrogen and oxygen atoms in total. The number of aromatic amines is 1. The number of amides is 2. The van der Waals surface area contributed by atoms with E-state index in [-0.39, 0.29) is 12.7 Å². The molecule has 0 spiro atoms. The van der Waals surface area contributed by atoms with Crippen LogP contribution in [0.15, 0.2) is 29.5 Å². The van der Waals surface area contributed by atoms with Crippen LogP contribution in [0.5, 0.6) is 0 Å². The number of urea groups is 1. The Kier molecular flexibility index (Phi) is 4.16. The van der Waals surface area contributed by atoms with Crippen molar-refractivity contribution in [3.05, 3.63) is 30.1 Å². The van der Waals surface area contributed by atoms with Crippen LogP contribution in [0.25, 0.3) is 11.0 Å². The van der Waals surface area contributed by atoms with Crippen molar-refractivity contribution < 1.29 is 9.59 Å². The van der Waals surface area contributed by atoms with Gasteiger partial charge in [0.1, 0.15) is 6.67 Å². The first kappa shape index (κ1) is 14.3. The third-order valence-corrected chi connectivity index (χ3v) is 4.06. The van der Waals surface area contributed by atoms with Crippen LogP contribution in [0, 0.1) is 0 Å². The Labute approximate surface area is 127 Å². The maximum atomic E-state index is 11.9. The monoisotopic (exact) mass is 299 g/mol. The summed E-state index contributed by atoms with van der Waals surface area (Å²) in [7, 11) is 0. The molecule has 0 unspecified atom stereocenters. The van der Waals surface area contributed by atoms with Crippen molar-refractivity contribution in [2.75, 3.05) is 19.8 Å². The Morgan fingerprint density at radius 3 is 3.09 bits per heavy atom. The van der Waals surface area contributed by atoms with Gasteiger partial charge in [-0.2, -0.15) is 4.99 Å². The number of H-pyrrole nitrogens is 1. The first-order valence-corrected chi connectivity index (χ1v) is 7.28. The van der Waals surface area contributed by atoms with Crippen molar-refractivity contribution in [1.29, 1.82) is 0 Å². The van der Waals surface area contributed by atoms with Crippen LogP contribution in [0.3, 0.4) is 0 Å². The highest BCUT2D eigenvalue weighted by atomic mass is 16.2. The van der Waals surface area contributed by atoms with Crippen molar-refractivity contribution in [3.63, 3.8) is 0 Å². The molecule has 0 bridgehead atoms. The molecule has 1 saturated heterocycles. The number of piperidine rings is 1. The first-order chi connectivity index (χ1) is 10.8. The van der Waals surface area contributed by atoms with Gasteiger partial charge < -0.3 is 15.2 Å². The lowest BCUT2D eigenvalue weighted by Gasteiger charge is -2.31. The van der Waals surface area contributed by atoms with E-state index in [1.165, 1.54) is 11.6 Å². The molecule has 0 saturated carbocycles. The fourth-order valence-corrected chi connectivity index (χ4v) is 2.93. The summed E-state index contributed by atoms with van der Waals surface area (Å²) in [5.41, 5.74) is 3.29. The minimum atomic E-state index is -0.186. The number of aliphatic imine (C=N–C) groups is 1. The number of isocyanates is 1. The van der Waals surface area contributed by atoms with E-state index in [4.69, 9.17) is 0 Å². The minimum absolute atomic E-state index is 0.0192. The van der Waals surface area contributed by atoms with Gasteiger partial charge in [-0.3, -0.25) is 4.98 Å². The normalized spacial score (nSPS) is 15.5. The number of carbonyl (C=O) groups is 1. The van der Waals surface area contributed by atoms with Crippen molar-refractivity contribution in [2.45, 2.75) is 18.8 Å². The number of hydrogen-bond donors (Lipinski definition) is 2. The van der Waals surface area contributed by atoms with Crippen molar-refractivity contribution in [1.82, 2.24) is 20.2 Å². The molecule has 3 rings (SSSR count). The molecule has 0 aromatic carbocycles. The van der Waals surface area contributed by atoms with Gasteiger partial charge in [-0.05, 0) is 36.5 Å². The van der Waals surface area contributed by atoms with Gasteiger partial charge in [0.15, 0.2) is 0 Å². The number of nitrogens with one attached hydrogen (secondary N) is 2. The zero-order chi connectivity index (χ0) is 15.4. The molecule has 7 heteroatoms. The summed E-state index contributed by atoms with van der Waals surface area (Å²) >= 11 is 0. The third kappa shape index (κ3) is 2.84. The third-order valence-electron chi connectivity index (χ3n) is 4.06. The van der Waals surface area contributed by atoms with Gasteiger partial charge in [-0.1, -0.05) is 0 Å². The molecular weight excluding hydrogens is 282 g/mol. The van der Waals surface area contributed by atoms with E-state index in [2.05, 4.69) is 20.3 Å². The van der Waals surface area contributed by atoms with E-state index in [0.29, 0.717) is 19.0 Å². The minimum Gasteiger partial charge on any atom is -0.360 e. The number of rotatable bonds is 3. The zero-order valence-electron chi connectivity index (χ0n) is 12.1. The molecule has 3 heterocycles. The van der Waals surface area contributed by atoms with E-state index in [0.717, 1.165) is 23.9 Å². The van der Waals surface area contributed by atoms with Crippen molar-refractivity contribution >= 4 is 23.1 Å². The van der Waals surface area contributed by atoms with E-state index < -0.39 is 0 Å². The molecule has 1 aliphatic rings. The molecule has 0 aliphatic carbocycles. The highest BCUT2D eigenvalue weighted by Crippen LogP contribution is 2.32. The van der Waals surface area contributed by atoms with E-state index >= 15 is 0 Å². The quantitative estimate of drug-likeness (QED) is 0.668. The topological polar surface area (TPSA) is 90.5 Å². The molecule has 114 valence electrons. The smallest absolute Gasteiger partial charge is 0.318 e. The van der Waals surface area contributed by atoms with Crippen LogP contribution in [0.1, 0.15) is 24.3 Å². The second kappa shape index (κ2) is 6.41. The molecule has 0 radical (unpaired) electrons. The van der Waals surface area contributed by atoms with Crippen LogP contribution >= 0.6 is 0 Å². The fraction of sp³-hybridized carbons (Fsp3) is 0.400. The first-order valence-electron chi connectivity index (χ1n) is 7.28. The lowest BCUT2D eigenvalue weighted by molar-refractivity contribution is 0.182. The summed E-state index contributed by atoms with van der Waals surface area (Å²) in [4.78, 5) is 34.6. The number of likely N-dealkylation sites (tertiary alicyclic amines) is 1. The number of aromatic nitrogens is 2. The average Bonchev–Trinajstić information content (AvgIpc) is 2.99. The predicted molar refractivity (Wildman–Crippen MR) is 81.2 cm³/mol. The second-order valence-corrected chi connectivity index (χ2v) is 5.29. The summed E-state index contributed by atoms with van der Waals surface area (Å²) in [6.07, 6.45) is 7.02. The van der Waals surface area contributed by atoms with Gasteiger partial charge in [0, 0.05) is 25.5 Å². The Hall–Kier alpha value is -2.66. The molecule has 1 aliphatic heterocycles. The average molecular weight is 299 g/mol. The second-order valence-electron chi connectivity index (χ2n) is 5.29. The van der Waals surface area contributed by atoms with Crippen LogP contribution < -0.4 is 5.32 Å². The van der Waals surface area contributed by atoms with Crippen LogP contribution in [-0.2, 0) is 4.79 Å². The highest BCUT2D eigenvalue weighted by molar-refractivity contribution is 5.79. The molecule has 2 N–H and O–H groups in total. The number of fused-ring (bicyclic) bond motifs is 1. The van der Waals surface area contributed by atoms with Crippen molar-refractivity contribution in [3.8, 4) is 0 Å². The number of pyridine rings is 1. The predicted octanol–water partition coefficient (Wildman–Crippen LogP) is 1.75. The Balaban J connectivity index is 1.62. The molecule has 22 heavy (non-hydrogen) atoms.